The van der Waals surface area contributed by atoms with Crippen LogP contribution in [0.4, 0.5) is 0 Å². The van der Waals surface area contributed by atoms with Gasteiger partial charge in [-0.2, -0.15) is 5.10 Å². The quantitative estimate of drug-likeness (QED) is 0.821. The van der Waals surface area contributed by atoms with Crippen molar-refractivity contribution >= 4 is 15.9 Å². The van der Waals surface area contributed by atoms with Gasteiger partial charge in [-0.3, -0.25) is 4.68 Å². The summed E-state index contributed by atoms with van der Waals surface area (Å²) in [6.45, 7) is 6.00. The number of nitrogens with zero attached hydrogens (tertiary/aromatic N) is 2. The smallest absolute Gasteiger partial charge is 0.0711 e. The van der Waals surface area contributed by atoms with Crippen LogP contribution < -0.4 is 0 Å². The monoisotopic (exact) mass is 277 g/mol. The highest BCUT2D eigenvalue weighted by Gasteiger charge is 2.12. The van der Waals surface area contributed by atoms with E-state index in [1.54, 1.807) is 0 Å². The first-order valence-electron chi connectivity index (χ1n) is 5.21. The lowest BCUT2D eigenvalue weighted by atomic mass is 10.1. The summed E-state index contributed by atoms with van der Waals surface area (Å²) < 4.78 is 3.01. The summed E-state index contributed by atoms with van der Waals surface area (Å²) in [4.78, 5) is 0. The number of aryl methyl sites for hydroxylation is 1. The van der Waals surface area contributed by atoms with Gasteiger partial charge in [0, 0.05) is 17.1 Å². The summed E-state index contributed by atoms with van der Waals surface area (Å²) in [5.41, 5.74) is 4.63. The third kappa shape index (κ3) is 1.92. The van der Waals surface area contributed by atoms with Crippen molar-refractivity contribution in [3.05, 3.63) is 46.9 Å². The second kappa shape index (κ2) is 4.42. The summed E-state index contributed by atoms with van der Waals surface area (Å²) in [6.07, 6.45) is 0.730. The first kappa shape index (κ1) is 11.4. The molecule has 0 aliphatic rings. The second-order valence-corrected chi connectivity index (χ2v) is 4.72. The third-order valence-corrected chi connectivity index (χ3v) is 3.21. The molecule has 0 spiro atoms. The van der Waals surface area contributed by atoms with Gasteiger partial charge in [0.25, 0.3) is 0 Å². The molecule has 0 N–H and O–H groups in total. The molecule has 3 heteroatoms. The van der Waals surface area contributed by atoms with Crippen molar-refractivity contribution in [2.24, 2.45) is 7.05 Å². The van der Waals surface area contributed by atoms with E-state index in [4.69, 9.17) is 0 Å². The van der Waals surface area contributed by atoms with E-state index in [1.807, 2.05) is 23.9 Å². The standard InChI is InChI=1S/C13H14BrN2/c1-4-12-9(2)13(16(3)15-12)10-6-5-7-11(14)8-10/h5-8H,1,4H2,2-3H3. The van der Waals surface area contributed by atoms with Gasteiger partial charge in [0.05, 0.1) is 11.4 Å². The molecule has 0 aliphatic heterocycles. The van der Waals surface area contributed by atoms with E-state index in [9.17, 15) is 0 Å². The predicted octanol–water partition coefficient (Wildman–Crippen LogP) is 3.53. The Morgan fingerprint density at radius 3 is 2.75 bits per heavy atom. The molecule has 0 saturated carbocycles. The zero-order valence-electron chi connectivity index (χ0n) is 9.50. The molecule has 0 saturated heterocycles. The zero-order chi connectivity index (χ0) is 11.7. The zero-order valence-corrected chi connectivity index (χ0v) is 11.1. The molecule has 1 aromatic carbocycles. The van der Waals surface area contributed by atoms with Crippen LogP contribution in [0.3, 0.4) is 0 Å². The van der Waals surface area contributed by atoms with Crippen molar-refractivity contribution in [2.45, 2.75) is 13.3 Å². The normalized spacial score (nSPS) is 10.8. The topological polar surface area (TPSA) is 17.8 Å². The van der Waals surface area contributed by atoms with Crippen molar-refractivity contribution in [3.63, 3.8) is 0 Å². The van der Waals surface area contributed by atoms with Crippen LogP contribution in [-0.4, -0.2) is 9.78 Å². The highest BCUT2D eigenvalue weighted by Crippen LogP contribution is 2.27. The van der Waals surface area contributed by atoms with E-state index in [1.165, 1.54) is 16.8 Å². The minimum absolute atomic E-state index is 0.730. The highest BCUT2D eigenvalue weighted by molar-refractivity contribution is 9.10. The highest BCUT2D eigenvalue weighted by atomic mass is 79.9. The Morgan fingerprint density at radius 2 is 2.19 bits per heavy atom. The first-order valence-corrected chi connectivity index (χ1v) is 6.00. The fraction of sp³-hybridized carbons (Fsp3) is 0.231. The Bertz CT molecular complexity index is 515. The summed E-state index contributed by atoms with van der Waals surface area (Å²) in [5, 5.41) is 4.47. The maximum Gasteiger partial charge on any atom is 0.0711 e. The van der Waals surface area contributed by atoms with Gasteiger partial charge < -0.3 is 0 Å². The number of hydrogen-bond donors (Lipinski definition) is 0. The maximum absolute atomic E-state index is 4.47. The predicted molar refractivity (Wildman–Crippen MR) is 70.1 cm³/mol. The molecule has 2 aromatic rings. The van der Waals surface area contributed by atoms with Gasteiger partial charge in [0.2, 0.25) is 0 Å². The molecular formula is C13H14BrN2. The van der Waals surface area contributed by atoms with Crippen LogP contribution >= 0.6 is 15.9 Å². The molecule has 0 bridgehead atoms. The fourth-order valence-electron chi connectivity index (χ4n) is 1.96. The maximum atomic E-state index is 4.47. The molecule has 1 aromatic heterocycles. The molecule has 0 fully saturated rings. The summed E-state index contributed by atoms with van der Waals surface area (Å²) >= 11 is 3.49. The fourth-order valence-corrected chi connectivity index (χ4v) is 2.36. The molecule has 0 aliphatic carbocycles. The van der Waals surface area contributed by atoms with Crippen LogP contribution in [0.2, 0.25) is 0 Å². The van der Waals surface area contributed by atoms with Crippen LogP contribution in [0.25, 0.3) is 11.3 Å². The van der Waals surface area contributed by atoms with Crippen LogP contribution in [0.1, 0.15) is 11.3 Å². The van der Waals surface area contributed by atoms with E-state index in [-0.39, 0.29) is 0 Å². The van der Waals surface area contributed by atoms with Gasteiger partial charge in [-0.15, -0.1) is 0 Å². The Labute approximate surface area is 104 Å². The van der Waals surface area contributed by atoms with Crippen LogP contribution in [0, 0.1) is 13.8 Å². The molecule has 1 heterocycles. The number of aromatic nitrogens is 2. The molecular weight excluding hydrogens is 264 g/mol. The van der Waals surface area contributed by atoms with Gasteiger partial charge in [-0.05, 0) is 38.0 Å². The van der Waals surface area contributed by atoms with Crippen LogP contribution in [0.15, 0.2) is 28.7 Å². The Morgan fingerprint density at radius 1 is 1.44 bits per heavy atom. The van der Waals surface area contributed by atoms with E-state index in [0.29, 0.717) is 0 Å². The molecule has 1 radical (unpaired) electrons. The minimum atomic E-state index is 0.730. The van der Waals surface area contributed by atoms with Crippen molar-refractivity contribution in [3.8, 4) is 11.3 Å². The lowest BCUT2D eigenvalue weighted by Gasteiger charge is -2.04. The van der Waals surface area contributed by atoms with Gasteiger partial charge in [-0.1, -0.05) is 28.1 Å². The third-order valence-electron chi connectivity index (χ3n) is 2.72. The van der Waals surface area contributed by atoms with Crippen molar-refractivity contribution in [2.75, 3.05) is 0 Å². The molecule has 0 amide bonds. The molecule has 0 atom stereocenters. The second-order valence-electron chi connectivity index (χ2n) is 3.80. The molecule has 2 nitrogen and oxygen atoms in total. The van der Waals surface area contributed by atoms with E-state index < -0.39 is 0 Å². The Kier molecular flexibility index (Phi) is 3.15. The average Bonchev–Trinajstić information content (AvgIpc) is 2.53. The first-order chi connectivity index (χ1) is 7.63. The number of rotatable bonds is 2. The van der Waals surface area contributed by atoms with Gasteiger partial charge in [0.15, 0.2) is 0 Å². The van der Waals surface area contributed by atoms with Crippen LogP contribution in [0.5, 0.6) is 0 Å². The van der Waals surface area contributed by atoms with E-state index in [2.05, 4.69) is 47.0 Å². The van der Waals surface area contributed by atoms with E-state index in [0.717, 1.165) is 16.6 Å². The molecule has 83 valence electrons. The van der Waals surface area contributed by atoms with Gasteiger partial charge >= 0.3 is 0 Å². The molecule has 0 unspecified atom stereocenters. The number of hydrogen-bond acceptors (Lipinski definition) is 1. The SMILES string of the molecule is [CH2]Cc1nn(C)c(-c2cccc(Br)c2)c1C. The molecule has 2 rings (SSSR count). The summed E-state index contributed by atoms with van der Waals surface area (Å²) in [7, 11) is 1.97. The van der Waals surface area contributed by atoms with Crippen LogP contribution in [-0.2, 0) is 13.5 Å². The lowest BCUT2D eigenvalue weighted by molar-refractivity contribution is 0.757. The Hall–Kier alpha value is -1.09. The van der Waals surface area contributed by atoms with Gasteiger partial charge in [0.1, 0.15) is 0 Å². The minimum Gasteiger partial charge on any atom is -0.267 e. The van der Waals surface area contributed by atoms with Crippen molar-refractivity contribution in [1.82, 2.24) is 9.78 Å². The van der Waals surface area contributed by atoms with Gasteiger partial charge in [-0.25, -0.2) is 0 Å². The lowest BCUT2D eigenvalue weighted by Crippen LogP contribution is -1.94. The summed E-state index contributed by atoms with van der Waals surface area (Å²) in [6, 6.07) is 8.27. The number of benzene rings is 1. The Balaban J connectivity index is 2.60. The summed E-state index contributed by atoms with van der Waals surface area (Å²) in [5.74, 6) is 0. The average molecular weight is 278 g/mol. The van der Waals surface area contributed by atoms with E-state index >= 15 is 0 Å². The largest absolute Gasteiger partial charge is 0.267 e. The molecule has 16 heavy (non-hydrogen) atoms. The number of halogens is 1. The van der Waals surface area contributed by atoms with Crippen molar-refractivity contribution < 1.29 is 0 Å². The van der Waals surface area contributed by atoms with Crippen molar-refractivity contribution in [1.29, 1.82) is 0 Å².